The van der Waals surface area contributed by atoms with Crippen molar-refractivity contribution in [3.05, 3.63) is 103 Å². The Morgan fingerprint density at radius 3 is 2.16 bits per heavy atom. The van der Waals surface area contributed by atoms with Crippen molar-refractivity contribution < 1.29 is 8.42 Å². The van der Waals surface area contributed by atoms with Crippen molar-refractivity contribution in [1.29, 1.82) is 0 Å². The topological polar surface area (TPSA) is 47.0 Å². The van der Waals surface area contributed by atoms with Crippen molar-refractivity contribution >= 4 is 15.4 Å². The monoisotopic (exact) mass is 425 g/mol. The maximum Gasteiger partial charge on any atom is 0.175 e. The molecule has 3 nitrogen and oxygen atoms in total. The van der Waals surface area contributed by atoms with E-state index in [1.807, 2.05) is 43.3 Å². The number of aryl methyl sites for hydroxylation is 1. The minimum absolute atomic E-state index is 0.262. The first-order valence-electron chi connectivity index (χ1n) is 9.63. The van der Waals surface area contributed by atoms with Gasteiger partial charge in [-0.2, -0.15) is 0 Å². The predicted octanol–water partition coefficient (Wildman–Crippen LogP) is 5.86. The highest BCUT2D eigenvalue weighted by Gasteiger charge is 2.16. The molecule has 0 aliphatic carbocycles. The fourth-order valence-corrected chi connectivity index (χ4v) is 3.88. The normalized spacial score (nSPS) is 11.6. The SMILES string of the molecule is C#Cc1cc(-c2ccc(S(C)(=O)=O)cc2)c(-c2ccc(C)cc2)nc1/C(C=C)=C/C=C. The lowest BCUT2D eigenvalue weighted by molar-refractivity contribution is 0.602. The Hall–Kier alpha value is -3.68. The number of sulfone groups is 1. The number of nitrogens with zero attached hydrogens (tertiary/aromatic N) is 1. The highest BCUT2D eigenvalue weighted by atomic mass is 32.2. The summed E-state index contributed by atoms with van der Waals surface area (Å²) < 4.78 is 23.7. The molecular formula is C27H23NO2S. The molecule has 31 heavy (non-hydrogen) atoms. The molecule has 0 aliphatic rings. The van der Waals surface area contributed by atoms with E-state index in [9.17, 15) is 8.42 Å². The molecule has 4 heteroatoms. The summed E-state index contributed by atoms with van der Waals surface area (Å²) in [4.78, 5) is 5.19. The largest absolute Gasteiger partial charge is 0.246 e. The van der Waals surface area contributed by atoms with Gasteiger partial charge in [0.15, 0.2) is 9.84 Å². The lowest BCUT2D eigenvalue weighted by atomic mass is 9.94. The molecule has 0 radical (unpaired) electrons. The van der Waals surface area contributed by atoms with Gasteiger partial charge < -0.3 is 0 Å². The molecule has 3 rings (SSSR count). The van der Waals surface area contributed by atoms with Crippen LogP contribution in [-0.2, 0) is 9.84 Å². The number of pyridine rings is 1. The van der Waals surface area contributed by atoms with E-state index in [1.165, 1.54) is 6.26 Å². The lowest BCUT2D eigenvalue weighted by Crippen LogP contribution is -2.00. The van der Waals surface area contributed by atoms with Crippen LogP contribution in [0.3, 0.4) is 0 Å². The Labute approximate surface area is 184 Å². The van der Waals surface area contributed by atoms with Crippen molar-refractivity contribution in [2.45, 2.75) is 11.8 Å². The third-order valence-electron chi connectivity index (χ3n) is 4.89. The standard InChI is InChI=1S/C27H23NO2S/c1-6-9-20(7-2)26-21(8-3)18-25(22-14-16-24(17-15-22)31(5,29)30)27(28-26)23-12-10-19(4)11-13-23/h3,6-7,9-18H,1-2H2,4-5H3/b20-9+. The van der Waals surface area contributed by atoms with Gasteiger partial charge in [0.1, 0.15) is 0 Å². The Balaban J connectivity index is 2.33. The molecule has 0 spiro atoms. The second-order valence-electron chi connectivity index (χ2n) is 7.15. The van der Waals surface area contributed by atoms with Gasteiger partial charge in [-0.1, -0.05) is 79.3 Å². The summed E-state index contributed by atoms with van der Waals surface area (Å²) in [5.74, 6) is 2.72. The highest BCUT2D eigenvalue weighted by Crippen LogP contribution is 2.35. The fraction of sp³-hybridized carbons (Fsp3) is 0.0741. The smallest absolute Gasteiger partial charge is 0.175 e. The minimum Gasteiger partial charge on any atom is -0.246 e. The van der Waals surface area contributed by atoms with E-state index in [2.05, 4.69) is 19.1 Å². The van der Waals surface area contributed by atoms with Gasteiger partial charge in [0.05, 0.1) is 21.8 Å². The molecule has 2 aromatic carbocycles. The highest BCUT2D eigenvalue weighted by molar-refractivity contribution is 7.90. The average molecular weight is 426 g/mol. The van der Waals surface area contributed by atoms with E-state index in [-0.39, 0.29) is 4.90 Å². The van der Waals surface area contributed by atoms with E-state index in [0.29, 0.717) is 11.3 Å². The van der Waals surface area contributed by atoms with Crippen LogP contribution in [0.2, 0.25) is 0 Å². The summed E-state index contributed by atoms with van der Waals surface area (Å²) in [5, 5.41) is 0. The summed E-state index contributed by atoms with van der Waals surface area (Å²) in [6.45, 7) is 9.66. The van der Waals surface area contributed by atoms with E-state index in [1.54, 1.807) is 36.4 Å². The van der Waals surface area contributed by atoms with Crippen LogP contribution in [-0.4, -0.2) is 19.7 Å². The number of rotatable bonds is 6. The number of hydrogen-bond acceptors (Lipinski definition) is 3. The van der Waals surface area contributed by atoms with Crippen molar-refractivity contribution in [2.24, 2.45) is 0 Å². The zero-order valence-electron chi connectivity index (χ0n) is 17.6. The van der Waals surface area contributed by atoms with Gasteiger partial charge in [0.25, 0.3) is 0 Å². The Bertz CT molecular complexity index is 1320. The number of allylic oxidation sites excluding steroid dienone is 4. The van der Waals surface area contributed by atoms with Crippen LogP contribution in [0, 0.1) is 19.3 Å². The number of hydrogen-bond donors (Lipinski definition) is 0. The third kappa shape index (κ3) is 4.74. The molecule has 0 saturated heterocycles. The second kappa shape index (κ2) is 8.99. The third-order valence-corrected chi connectivity index (χ3v) is 6.02. The molecule has 1 aromatic heterocycles. The number of aromatic nitrogens is 1. The van der Waals surface area contributed by atoms with Crippen LogP contribution in [0.15, 0.2) is 90.9 Å². The van der Waals surface area contributed by atoms with Crippen LogP contribution in [0.1, 0.15) is 16.8 Å². The van der Waals surface area contributed by atoms with Gasteiger partial charge in [-0.3, -0.25) is 0 Å². The van der Waals surface area contributed by atoms with E-state index < -0.39 is 9.84 Å². The molecule has 0 fully saturated rings. The quantitative estimate of drug-likeness (QED) is 0.367. The van der Waals surface area contributed by atoms with Crippen molar-refractivity contribution in [1.82, 2.24) is 4.98 Å². The fourth-order valence-electron chi connectivity index (χ4n) is 3.25. The maximum absolute atomic E-state index is 11.9. The molecule has 0 amide bonds. The molecule has 154 valence electrons. The second-order valence-corrected chi connectivity index (χ2v) is 9.17. The molecule has 3 aromatic rings. The zero-order chi connectivity index (χ0) is 22.6. The first-order valence-corrected chi connectivity index (χ1v) is 11.5. The molecule has 0 unspecified atom stereocenters. The number of terminal acetylenes is 1. The first kappa shape index (κ1) is 22.0. The van der Waals surface area contributed by atoms with Crippen molar-refractivity contribution in [2.75, 3.05) is 6.26 Å². The van der Waals surface area contributed by atoms with Gasteiger partial charge in [-0.05, 0) is 30.7 Å². The summed E-state index contributed by atoms with van der Waals surface area (Å²) in [6.07, 6.45) is 12.2. The Kier molecular flexibility index (Phi) is 6.39. The van der Waals surface area contributed by atoms with Crippen LogP contribution in [0.25, 0.3) is 28.0 Å². The molecule has 0 bridgehead atoms. The molecule has 0 saturated carbocycles. The van der Waals surface area contributed by atoms with Gasteiger partial charge in [0.2, 0.25) is 0 Å². The van der Waals surface area contributed by atoms with Crippen molar-refractivity contribution in [3.63, 3.8) is 0 Å². The zero-order valence-corrected chi connectivity index (χ0v) is 18.4. The van der Waals surface area contributed by atoms with Gasteiger partial charge in [-0.15, -0.1) is 6.42 Å². The van der Waals surface area contributed by atoms with Crippen LogP contribution >= 0.6 is 0 Å². The molecule has 1 heterocycles. The molecule has 0 atom stereocenters. The van der Waals surface area contributed by atoms with Gasteiger partial charge in [0, 0.05) is 23.0 Å². The van der Waals surface area contributed by atoms with Crippen LogP contribution in [0.4, 0.5) is 0 Å². The summed E-state index contributed by atoms with van der Waals surface area (Å²) in [7, 11) is -3.29. The Morgan fingerprint density at radius 1 is 1.03 bits per heavy atom. The van der Waals surface area contributed by atoms with Crippen LogP contribution in [0.5, 0.6) is 0 Å². The van der Waals surface area contributed by atoms with E-state index in [0.717, 1.165) is 33.5 Å². The van der Waals surface area contributed by atoms with E-state index in [4.69, 9.17) is 11.4 Å². The molecule has 0 N–H and O–H groups in total. The van der Waals surface area contributed by atoms with Crippen LogP contribution < -0.4 is 0 Å². The summed E-state index contributed by atoms with van der Waals surface area (Å²) in [5.41, 5.74) is 6.50. The predicted molar refractivity (Wildman–Crippen MR) is 129 cm³/mol. The average Bonchev–Trinajstić information content (AvgIpc) is 2.77. The summed E-state index contributed by atoms with van der Waals surface area (Å²) >= 11 is 0. The lowest BCUT2D eigenvalue weighted by Gasteiger charge is -2.15. The number of benzene rings is 2. The maximum atomic E-state index is 11.9. The Morgan fingerprint density at radius 2 is 1.65 bits per heavy atom. The van der Waals surface area contributed by atoms with E-state index >= 15 is 0 Å². The van der Waals surface area contributed by atoms with Gasteiger partial charge in [-0.25, -0.2) is 13.4 Å². The first-order chi connectivity index (χ1) is 14.8. The molecule has 0 aliphatic heterocycles. The summed E-state index contributed by atoms with van der Waals surface area (Å²) in [6, 6.07) is 16.7. The molecular weight excluding hydrogens is 402 g/mol. The minimum atomic E-state index is -3.29. The van der Waals surface area contributed by atoms with Gasteiger partial charge >= 0.3 is 0 Å². The van der Waals surface area contributed by atoms with Crippen molar-refractivity contribution in [3.8, 4) is 34.7 Å².